The van der Waals surface area contributed by atoms with Crippen LogP contribution in [0.4, 0.5) is 5.69 Å². The third-order valence-corrected chi connectivity index (χ3v) is 5.36. The summed E-state index contributed by atoms with van der Waals surface area (Å²) in [5.74, 6) is -0.0318. The molecule has 24 heavy (non-hydrogen) atoms. The highest BCUT2D eigenvalue weighted by atomic mass is 32.1. The third-order valence-electron chi connectivity index (χ3n) is 4.38. The highest BCUT2D eigenvalue weighted by Crippen LogP contribution is 2.34. The zero-order valence-electron chi connectivity index (χ0n) is 13.0. The van der Waals surface area contributed by atoms with Gasteiger partial charge in [-0.3, -0.25) is 9.69 Å². The average molecular weight is 342 g/mol. The SMILES string of the molecule is O=C(CN1CCCC1c1cccs1)Nc1ccc2[nH]c(=O)[nH]c2c1. The second kappa shape index (κ2) is 6.26. The summed E-state index contributed by atoms with van der Waals surface area (Å²) in [5.41, 5.74) is 1.87. The number of imidazole rings is 1. The number of anilines is 1. The standard InChI is InChI=1S/C17H18N4O2S/c22-16(10-21-7-1-3-14(21)15-4-2-8-24-15)18-11-5-6-12-13(9-11)20-17(23)19-12/h2,4-6,8-9,14H,1,3,7,10H2,(H,18,22)(H2,19,20,23). The third kappa shape index (κ3) is 3.00. The molecule has 1 aromatic carbocycles. The van der Waals surface area contributed by atoms with E-state index in [1.165, 1.54) is 4.88 Å². The first kappa shape index (κ1) is 15.2. The molecule has 0 spiro atoms. The van der Waals surface area contributed by atoms with Crippen molar-refractivity contribution in [2.45, 2.75) is 18.9 Å². The molecule has 2 aromatic heterocycles. The zero-order valence-corrected chi connectivity index (χ0v) is 13.9. The molecule has 124 valence electrons. The molecule has 6 nitrogen and oxygen atoms in total. The number of nitrogens with one attached hydrogen (secondary N) is 3. The van der Waals surface area contributed by atoms with Gasteiger partial charge in [-0.15, -0.1) is 11.3 Å². The molecule has 7 heteroatoms. The van der Waals surface area contributed by atoms with Gasteiger partial charge < -0.3 is 15.3 Å². The summed E-state index contributed by atoms with van der Waals surface area (Å²) in [5, 5.41) is 5.01. The van der Waals surface area contributed by atoms with Gasteiger partial charge in [0.25, 0.3) is 0 Å². The van der Waals surface area contributed by atoms with Gasteiger partial charge in [-0.2, -0.15) is 0 Å². The van der Waals surface area contributed by atoms with Crippen LogP contribution in [0.5, 0.6) is 0 Å². The van der Waals surface area contributed by atoms with E-state index in [0.29, 0.717) is 23.8 Å². The zero-order chi connectivity index (χ0) is 16.5. The van der Waals surface area contributed by atoms with E-state index in [2.05, 4.69) is 37.7 Å². The maximum Gasteiger partial charge on any atom is 0.323 e. The van der Waals surface area contributed by atoms with E-state index in [0.717, 1.165) is 24.9 Å². The van der Waals surface area contributed by atoms with Crippen molar-refractivity contribution in [1.82, 2.24) is 14.9 Å². The first-order valence-corrected chi connectivity index (χ1v) is 8.86. The van der Waals surface area contributed by atoms with E-state index in [9.17, 15) is 9.59 Å². The molecule has 3 heterocycles. The Morgan fingerprint density at radius 2 is 2.17 bits per heavy atom. The van der Waals surface area contributed by atoms with Crippen molar-refractivity contribution in [3.05, 3.63) is 51.1 Å². The van der Waals surface area contributed by atoms with Crippen LogP contribution in [0.25, 0.3) is 11.0 Å². The van der Waals surface area contributed by atoms with Crippen LogP contribution in [-0.4, -0.2) is 33.9 Å². The minimum atomic E-state index is -0.246. The van der Waals surface area contributed by atoms with Crippen LogP contribution < -0.4 is 11.0 Å². The Balaban J connectivity index is 1.44. The minimum absolute atomic E-state index is 0.0318. The van der Waals surface area contributed by atoms with Crippen molar-refractivity contribution < 1.29 is 4.79 Å². The van der Waals surface area contributed by atoms with Crippen molar-refractivity contribution >= 4 is 34.0 Å². The number of likely N-dealkylation sites (tertiary alicyclic amines) is 1. The smallest absolute Gasteiger partial charge is 0.323 e. The van der Waals surface area contributed by atoms with Gasteiger partial charge in [0, 0.05) is 16.6 Å². The molecule has 0 radical (unpaired) electrons. The number of aromatic nitrogens is 2. The van der Waals surface area contributed by atoms with Gasteiger partial charge in [0.2, 0.25) is 5.91 Å². The molecule has 4 rings (SSSR count). The molecular weight excluding hydrogens is 324 g/mol. The number of hydrogen-bond acceptors (Lipinski definition) is 4. The molecule has 3 N–H and O–H groups in total. The second-order valence-electron chi connectivity index (χ2n) is 6.03. The van der Waals surface area contributed by atoms with Crippen LogP contribution in [0, 0.1) is 0 Å². The van der Waals surface area contributed by atoms with Gasteiger partial charge in [-0.1, -0.05) is 6.07 Å². The van der Waals surface area contributed by atoms with E-state index < -0.39 is 0 Å². The van der Waals surface area contributed by atoms with Crippen LogP contribution in [-0.2, 0) is 4.79 Å². The van der Waals surface area contributed by atoms with Crippen molar-refractivity contribution in [2.75, 3.05) is 18.4 Å². The van der Waals surface area contributed by atoms with Crippen molar-refractivity contribution in [1.29, 1.82) is 0 Å². The van der Waals surface area contributed by atoms with Crippen LogP contribution in [0.15, 0.2) is 40.5 Å². The number of H-pyrrole nitrogens is 2. The Hall–Kier alpha value is -2.38. The molecule has 1 aliphatic heterocycles. The van der Waals surface area contributed by atoms with Gasteiger partial charge >= 0.3 is 5.69 Å². The quantitative estimate of drug-likeness (QED) is 0.682. The van der Waals surface area contributed by atoms with Gasteiger partial charge in [0.15, 0.2) is 0 Å². The Labute approximate surface area is 142 Å². The number of thiophene rings is 1. The Bertz CT molecular complexity index is 912. The number of aromatic amines is 2. The fourth-order valence-electron chi connectivity index (χ4n) is 3.31. The molecule has 0 bridgehead atoms. The monoisotopic (exact) mass is 342 g/mol. The van der Waals surface area contributed by atoms with Crippen LogP contribution in [0.3, 0.4) is 0 Å². The fourth-order valence-corrected chi connectivity index (χ4v) is 4.21. The van der Waals surface area contributed by atoms with Gasteiger partial charge in [-0.05, 0) is 49.0 Å². The lowest BCUT2D eigenvalue weighted by Crippen LogP contribution is -2.32. The minimum Gasteiger partial charge on any atom is -0.325 e. The molecule has 1 aliphatic rings. The number of carbonyl (C=O) groups is 1. The average Bonchev–Trinajstić information content (AvgIpc) is 3.25. The number of nitrogens with zero attached hydrogens (tertiary/aromatic N) is 1. The van der Waals surface area contributed by atoms with Crippen LogP contribution >= 0.6 is 11.3 Å². The van der Waals surface area contributed by atoms with Crippen LogP contribution in [0.1, 0.15) is 23.8 Å². The van der Waals surface area contributed by atoms with Gasteiger partial charge in [0.1, 0.15) is 0 Å². The van der Waals surface area contributed by atoms with E-state index in [1.807, 2.05) is 0 Å². The van der Waals surface area contributed by atoms with Crippen molar-refractivity contribution in [3.63, 3.8) is 0 Å². The number of benzene rings is 1. The summed E-state index contributed by atoms with van der Waals surface area (Å²) in [6.45, 7) is 1.32. The molecule has 1 saturated heterocycles. The Morgan fingerprint density at radius 1 is 1.29 bits per heavy atom. The Kier molecular flexibility index (Phi) is 3.95. The molecule has 1 unspecified atom stereocenters. The van der Waals surface area contributed by atoms with Crippen LogP contribution in [0.2, 0.25) is 0 Å². The lowest BCUT2D eigenvalue weighted by Gasteiger charge is -2.22. The lowest BCUT2D eigenvalue weighted by atomic mass is 10.2. The van der Waals surface area contributed by atoms with E-state index in [4.69, 9.17) is 0 Å². The van der Waals surface area contributed by atoms with Gasteiger partial charge in [-0.25, -0.2) is 4.79 Å². The normalized spacial score (nSPS) is 18.2. The van der Waals surface area contributed by atoms with Crippen molar-refractivity contribution in [2.24, 2.45) is 0 Å². The highest BCUT2D eigenvalue weighted by molar-refractivity contribution is 7.10. The highest BCUT2D eigenvalue weighted by Gasteiger charge is 2.28. The summed E-state index contributed by atoms with van der Waals surface area (Å²) in [7, 11) is 0. The predicted octanol–water partition coefficient (Wildman–Crippen LogP) is 2.69. The number of fused-ring (bicyclic) bond motifs is 1. The topological polar surface area (TPSA) is 81.0 Å². The summed E-state index contributed by atoms with van der Waals surface area (Å²) in [4.78, 5) is 32.6. The molecule has 0 aliphatic carbocycles. The molecule has 3 aromatic rings. The van der Waals surface area contributed by atoms with Crippen molar-refractivity contribution in [3.8, 4) is 0 Å². The summed E-state index contributed by atoms with van der Waals surface area (Å²) in [6, 6.07) is 9.90. The fraction of sp³-hybridized carbons (Fsp3) is 0.294. The van der Waals surface area contributed by atoms with Gasteiger partial charge in [0.05, 0.1) is 17.6 Å². The summed E-state index contributed by atoms with van der Waals surface area (Å²) < 4.78 is 0. The summed E-state index contributed by atoms with van der Waals surface area (Å²) in [6.07, 6.45) is 2.22. The largest absolute Gasteiger partial charge is 0.325 e. The maximum atomic E-state index is 12.4. The van der Waals surface area contributed by atoms with E-state index in [-0.39, 0.29) is 11.6 Å². The molecule has 1 atom stereocenters. The molecule has 0 saturated carbocycles. The maximum absolute atomic E-state index is 12.4. The first-order valence-electron chi connectivity index (χ1n) is 7.98. The lowest BCUT2D eigenvalue weighted by molar-refractivity contribution is -0.117. The molecule has 1 amide bonds. The summed E-state index contributed by atoms with van der Waals surface area (Å²) >= 11 is 1.75. The number of rotatable bonds is 4. The molecular formula is C17H18N4O2S. The first-order chi connectivity index (χ1) is 11.7. The number of carbonyl (C=O) groups excluding carboxylic acids is 1. The number of amides is 1. The molecule has 1 fully saturated rings. The predicted molar refractivity (Wildman–Crippen MR) is 95.4 cm³/mol. The second-order valence-corrected chi connectivity index (χ2v) is 7.01. The number of hydrogen-bond donors (Lipinski definition) is 3. The Morgan fingerprint density at radius 3 is 3.00 bits per heavy atom. The van der Waals surface area contributed by atoms with E-state index >= 15 is 0 Å². The van der Waals surface area contributed by atoms with E-state index in [1.54, 1.807) is 29.5 Å².